The Morgan fingerprint density at radius 2 is 2.00 bits per heavy atom. The summed E-state index contributed by atoms with van der Waals surface area (Å²) in [5.41, 5.74) is 6.63. The average Bonchev–Trinajstić information content (AvgIpc) is 2.49. The Labute approximate surface area is 121 Å². The number of carboxylic acids is 1. The first kappa shape index (κ1) is 14.4. The summed E-state index contributed by atoms with van der Waals surface area (Å²) < 4.78 is 10.4. The van der Waals surface area contributed by atoms with E-state index in [1.165, 1.54) is 19.2 Å². The number of carboxylic acid groups (broad SMARTS) is 1. The molecule has 0 unspecified atom stereocenters. The van der Waals surface area contributed by atoms with Crippen LogP contribution in [-0.2, 0) is 0 Å². The number of hydrogen-bond donors (Lipinski definition) is 3. The highest BCUT2D eigenvalue weighted by molar-refractivity contribution is 5.87. The second-order valence-electron chi connectivity index (χ2n) is 4.13. The molecule has 0 fully saturated rings. The molecule has 0 aliphatic carbocycles. The van der Waals surface area contributed by atoms with Crippen molar-refractivity contribution in [3.8, 4) is 11.5 Å². The number of carbonyl (C=O) groups is 1. The number of anilines is 3. The van der Waals surface area contributed by atoms with Gasteiger partial charge in [-0.15, -0.1) is 0 Å². The molecular weight excluding hydrogens is 274 g/mol. The first-order valence-electron chi connectivity index (χ1n) is 6.04. The number of benzene rings is 1. The predicted octanol–water partition coefficient (Wildman–Crippen LogP) is 2.12. The van der Waals surface area contributed by atoms with Gasteiger partial charge in [-0.1, -0.05) is 0 Å². The fraction of sp³-hybridized carbons (Fsp3) is 0.143. The van der Waals surface area contributed by atoms with Crippen LogP contribution < -0.4 is 20.5 Å². The van der Waals surface area contributed by atoms with Crippen LogP contribution in [-0.4, -0.2) is 30.3 Å². The van der Waals surface area contributed by atoms with Gasteiger partial charge in [0.25, 0.3) is 0 Å². The van der Waals surface area contributed by atoms with E-state index < -0.39 is 5.97 Å². The number of hydrogen-bond acceptors (Lipinski definition) is 6. The average molecular weight is 289 g/mol. The Morgan fingerprint density at radius 3 is 2.62 bits per heavy atom. The zero-order valence-corrected chi connectivity index (χ0v) is 11.6. The molecule has 1 aromatic carbocycles. The number of rotatable bonds is 5. The quantitative estimate of drug-likeness (QED) is 0.773. The molecule has 0 aliphatic rings. The van der Waals surface area contributed by atoms with Crippen molar-refractivity contribution in [2.24, 2.45) is 0 Å². The van der Waals surface area contributed by atoms with Gasteiger partial charge in [-0.2, -0.15) is 0 Å². The number of nitrogens with two attached hydrogens (primary N) is 1. The van der Waals surface area contributed by atoms with E-state index in [1.807, 2.05) is 0 Å². The number of nitrogen functional groups attached to an aromatic ring is 1. The van der Waals surface area contributed by atoms with Crippen molar-refractivity contribution in [1.82, 2.24) is 4.98 Å². The molecule has 0 radical (unpaired) electrons. The van der Waals surface area contributed by atoms with Crippen LogP contribution in [0.3, 0.4) is 0 Å². The summed E-state index contributed by atoms with van der Waals surface area (Å²) in [4.78, 5) is 14.9. The lowest BCUT2D eigenvalue weighted by molar-refractivity contribution is 0.0690. The summed E-state index contributed by atoms with van der Waals surface area (Å²) in [6.45, 7) is 0. The summed E-state index contributed by atoms with van der Waals surface area (Å²) in [5.74, 6) is 0.284. The molecule has 7 nitrogen and oxygen atoms in total. The van der Waals surface area contributed by atoms with Gasteiger partial charge in [0.15, 0.2) is 11.5 Å². The fourth-order valence-corrected chi connectivity index (χ4v) is 1.72. The maximum absolute atomic E-state index is 11.0. The molecule has 0 bridgehead atoms. The molecule has 1 aromatic heterocycles. The Kier molecular flexibility index (Phi) is 4.13. The van der Waals surface area contributed by atoms with Gasteiger partial charge in [-0.05, 0) is 24.3 Å². The molecule has 0 amide bonds. The van der Waals surface area contributed by atoms with Crippen LogP contribution in [0.5, 0.6) is 11.5 Å². The van der Waals surface area contributed by atoms with E-state index in [2.05, 4.69) is 10.3 Å². The Bertz CT molecular complexity index is 673. The lowest BCUT2D eigenvalue weighted by atomic mass is 10.2. The summed E-state index contributed by atoms with van der Waals surface area (Å²) in [6.07, 6.45) is 0. The first-order chi connectivity index (χ1) is 10.0. The molecule has 110 valence electrons. The third-order valence-corrected chi connectivity index (χ3v) is 2.81. The van der Waals surface area contributed by atoms with Crippen LogP contribution in [0.15, 0.2) is 30.3 Å². The third kappa shape index (κ3) is 3.14. The van der Waals surface area contributed by atoms with Crippen molar-refractivity contribution in [1.29, 1.82) is 0 Å². The summed E-state index contributed by atoms with van der Waals surface area (Å²) in [7, 11) is 3.07. The monoisotopic (exact) mass is 289 g/mol. The molecule has 0 aliphatic heterocycles. The van der Waals surface area contributed by atoms with E-state index in [9.17, 15) is 4.79 Å². The second-order valence-corrected chi connectivity index (χ2v) is 4.13. The Balaban J connectivity index is 2.37. The predicted molar refractivity (Wildman–Crippen MR) is 78.4 cm³/mol. The normalized spacial score (nSPS) is 10.0. The minimum Gasteiger partial charge on any atom is -0.497 e. The molecule has 4 N–H and O–H groups in total. The van der Waals surface area contributed by atoms with Gasteiger partial charge < -0.3 is 25.6 Å². The van der Waals surface area contributed by atoms with E-state index in [4.69, 9.17) is 20.3 Å². The number of nitrogens with one attached hydrogen (secondary N) is 1. The van der Waals surface area contributed by atoms with Gasteiger partial charge >= 0.3 is 5.97 Å². The second kappa shape index (κ2) is 6.00. The summed E-state index contributed by atoms with van der Waals surface area (Å²) in [6, 6.07) is 7.98. The van der Waals surface area contributed by atoms with Crippen LogP contribution >= 0.6 is 0 Å². The first-order valence-corrected chi connectivity index (χ1v) is 6.04. The van der Waals surface area contributed by atoms with Crippen LogP contribution in [0.1, 0.15) is 10.5 Å². The van der Waals surface area contributed by atoms with E-state index in [0.29, 0.717) is 22.9 Å². The van der Waals surface area contributed by atoms with Crippen molar-refractivity contribution in [2.75, 3.05) is 25.3 Å². The standard InChI is InChI=1S/C14H15N3O4/c1-20-8-3-5-10(12(7-8)21-2)16-13-9(15)4-6-11(17-13)14(18)19/h3-7H,15H2,1-2H3,(H,16,17)(H,18,19). The Hall–Kier alpha value is -2.96. The van der Waals surface area contributed by atoms with Gasteiger partial charge in [0.2, 0.25) is 0 Å². The van der Waals surface area contributed by atoms with Crippen LogP contribution in [0.2, 0.25) is 0 Å². The van der Waals surface area contributed by atoms with Gasteiger partial charge in [0.1, 0.15) is 11.5 Å². The Morgan fingerprint density at radius 1 is 1.24 bits per heavy atom. The molecule has 1 heterocycles. The molecule has 7 heteroatoms. The minimum absolute atomic E-state index is 0.0980. The molecule has 0 saturated heterocycles. The lowest BCUT2D eigenvalue weighted by Gasteiger charge is -2.13. The van der Waals surface area contributed by atoms with E-state index >= 15 is 0 Å². The molecular formula is C14H15N3O4. The molecule has 0 saturated carbocycles. The van der Waals surface area contributed by atoms with Gasteiger partial charge in [0.05, 0.1) is 25.6 Å². The highest BCUT2D eigenvalue weighted by atomic mass is 16.5. The summed E-state index contributed by atoms with van der Waals surface area (Å²) in [5, 5.41) is 11.9. The highest BCUT2D eigenvalue weighted by Crippen LogP contribution is 2.32. The van der Waals surface area contributed by atoms with E-state index in [-0.39, 0.29) is 11.5 Å². The van der Waals surface area contributed by atoms with Crippen molar-refractivity contribution in [3.05, 3.63) is 36.0 Å². The molecule has 0 spiro atoms. The number of aromatic nitrogens is 1. The lowest BCUT2D eigenvalue weighted by Crippen LogP contribution is -2.06. The zero-order chi connectivity index (χ0) is 15.4. The summed E-state index contributed by atoms with van der Waals surface area (Å²) >= 11 is 0. The molecule has 0 atom stereocenters. The number of aromatic carboxylic acids is 1. The zero-order valence-electron chi connectivity index (χ0n) is 11.6. The maximum atomic E-state index is 11.0. The fourth-order valence-electron chi connectivity index (χ4n) is 1.72. The highest BCUT2D eigenvalue weighted by Gasteiger charge is 2.11. The SMILES string of the molecule is COc1ccc(Nc2nc(C(=O)O)ccc2N)c(OC)c1. The maximum Gasteiger partial charge on any atom is 0.354 e. The van der Waals surface area contributed by atoms with Crippen molar-refractivity contribution in [3.63, 3.8) is 0 Å². The van der Waals surface area contributed by atoms with Gasteiger partial charge in [-0.25, -0.2) is 9.78 Å². The van der Waals surface area contributed by atoms with E-state index in [0.717, 1.165) is 0 Å². The minimum atomic E-state index is -1.13. The largest absolute Gasteiger partial charge is 0.497 e. The van der Waals surface area contributed by atoms with E-state index in [1.54, 1.807) is 25.3 Å². The third-order valence-electron chi connectivity index (χ3n) is 2.81. The van der Waals surface area contributed by atoms with Crippen LogP contribution in [0, 0.1) is 0 Å². The van der Waals surface area contributed by atoms with Crippen LogP contribution in [0.25, 0.3) is 0 Å². The topological polar surface area (TPSA) is 107 Å². The van der Waals surface area contributed by atoms with Crippen molar-refractivity contribution < 1.29 is 19.4 Å². The van der Waals surface area contributed by atoms with Gasteiger partial charge in [0, 0.05) is 6.07 Å². The number of methoxy groups -OCH3 is 2. The van der Waals surface area contributed by atoms with Crippen molar-refractivity contribution >= 4 is 23.2 Å². The molecule has 21 heavy (non-hydrogen) atoms. The number of nitrogens with zero attached hydrogens (tertiary/aromatic N) is 1. The smallest absolute Gasteiger partial charge is 0.354 e. The van der Waals surface area contributed by atoms with Gasteiger partial charge in [-0.3, -0.25) is 0 Å². The molecule has 2 aromatic rings. The van der Waals surface area contributed by atoms with Crippen LogP contribution in [0.4, 0.5) is 17.2 Å². The number of pyridine rings is 1. The van der Waals surface area contributed by atoms with Crippen molar-refractivity contribution in [2.45, 2.75) is 0 Å². The molecule has 2 rings (SSSR count). The number of ether oxygens (including phenoxy) is 2.